The van der Waals surface area contributed by atoms with Crippen molar-refractivity contribution in [3.8, 4) is 0 Å². The van der Waals surface area contributed by atoms with Crippen LogP contribution in [0.3, 0.4) is 0 Å². The molecule has 2 aromatic rings. The Kier molecular flexibility index (Phi) is 4.70. The predicted molar refractivity (Wildman–Crippen MR) is 85.6 cm³/mol. The van der Waals surface area contributed by atoms with E-state index in [0.717, 1.165) is 21.7 Å². The number of rotatable bonds is 3. The van der Waals surface area contributed by atoms with Crippen molar-refractivity contribution in [1.29, 1.82) is 0 Å². The minimum Gasteiger partial charge on any atom is -0.380 e. The SMILES string of the molecule is Clc1ccc(Br)cc1NCc1ccc(I)cc1. The highest BCUT2D eigenvalue weighted by atomic mass is 127. The highest BCUT2D eigenvalue weighted by Crippen LogP contribution is 2.26. The van der Waals surface area contributed by atoms with E-state index in [1.807, 2.05) is 18.2 Å². The molecule has 1 nitrogen and oxygen atoms in total. The van der Waals surface area contributed by atoms with E-state index in [1.165, 1.54) is 9.13 Å². The lowest BCUT2D eigenvalue weighted by Gasteiger charge is -2.09. The number of benzene rings is 2. The summed E-state index contributed by atoms with van der Waals surface area (Å²) in [6.45, 7) is 0.771. The van der Waals surface area contributed by atoms with Gasteiger partial charge in [-0.05, 0) is 58.5 Å². The molecule has 0 aliphatic heterocycles. The number of halogens is 3. The molecular weight excluding hydrogens is 412 g/mol. The zero-order valence-electron chi connectivity index (χ0n) is 8.88. The molecule has 0 atom stereocenters. The van der Waals surface area contributed by atoms with Crippen LogP contribution in [0, 0.1) is 3.57 Å². The van der Waals surface area contributed by atoms with Crippen molar-refractivity contribution in [3.05, 3.63) is 61.1 Å². The summed E-state index contributed by atoms with van der Waals surface area (Å²) in [6, 6.07) is 14.2. The summed E-state index contributed by atoms with van der Waals surface area (Å²) in [5.41, 5.74) is 2.18. The Morgan fingerprint density at radius 1 is 1.12 bits per heavy atom. The van der Waals surface area contributed by atoms with Gasteiger partial charge >= 0.3 is 0 Å². The van der Waals surface area contributed by atoms with Crippen molar-refractivity contribution in [2.24, 2.45) is 0 Å². The van der Waals surface area contributed by atoms with Gasteiger partial charge in [-0.25, -0.2) is 0 Å². The van der Waals surface area contributed by atoms with Crippen LogP contribution in [-0.2, 0) is 6.54 Å². The van der Waals surface area contributed by atoms with Crippen LogP contribution in [0.5, 0.6) is 0 Å². The maximum Gasteiger partial charge on any atom is 0.0638 e. The van der Waals surface area contributed by atoms with Crippen LogP contribution in [0.2, 0.25) is 5.02 Å². The summed E-state index contributed by atoms with van der Waals surface area (Å²) in [7, 11) is 0. The van der Waals surface area contributed by atoms with E-state index >= 15 is 0 Å². The van der Waals surface area contributed by atoms with Gasteiger partial charge in [0.25, 0.3) is 0 Å². The van der Waals surface area contributed by atoms with Gasteiger partial charge in [-0.1, -0.05) is 39.7 Å². The molecule has 0 bridgehead atoms. The van der Waals surface area contributed by atoms with Gasteiger partial charge < -0.3 is 5.32 Å². The fourth-order valence-corrected chi connectivity index (χ4v) is 2.34. The summed E-state index contributed by atoms with van der Waals surface area (Å²) in [5, 5.41) is 4.06. The molecule has 88 valence electrons. The second kappa shape index (κ2) is 6.07. The average Bonchev–Trinajstić information content (AvgIpc) is 2.32. The molecule has 0 unspecified atom stereocenters. The zero-order chi connectivity index (χ0) is 12.3. The highest BCUT2D eigenvalue weighted by molar-refractivity contribution is 14.1. The van der Waals surface area contributed by atoms with Crippen LogP contribution in [0.25, 0.3) is 0 Å². The summed E-state index contributed by atoms with van der Waals surface area (Å²) in [5.74, 6) is 0. The molecule has 0 aliphatic rings. The molecule has 1 N–H and O–H groups in total. The number of nitrogens with one attached hydrogen (secondary N) is 1. The number of anilines is 1. The summed E-state index contributed by atoms with van der Waals surface area (Å²) >= 11 is 11.8. The molecule has 0 saturated heterocycles. The van der Waals surface area contributed by atoms with Crippen LogP contribution in [0.1, 0.15) is 5.56 Å². The topological polar surface area (TPSA) is 12.0 Å². The fraction of sp³-hybridized carbons (Fsp3) is 0.0769. The first-order valence-electron chi connectivity index (χ1n) is 5.08. The van der Waals surface area contributed by atoms with Gasteiger partial charge in [0.1, 0.15) is 0 Å². The van der Waals surface area contributed by atoms with Crippen molar-refractivity contribution in [2.75, 3.05) is 5.32 Å². The quantitative estimate of drug-likeness (QED) is 0.661. The normalized spacial score (nSPS) is 10.3. The maximum absolute atomic E-state index is 6.10. The van der Waals surface area contributed by atoms with Crippen molar-refractivity contribution in [2.45, 2.75) is 6.54 Å². The third-order valence-corrected chi connectivity index (χ3v) is 3.87. The third kappa shape index (κ3) is 3.86. The lowest BCUT2D eigenvalue weighted by molar-refractivity contribution is 1.15. The molecule has 0 spiro atoms. The molecule has 0 aliphatic carbocycles. The molecule has 0 amide bonds. The van der Waals surface area contributed by atoms with Crippen LogP contribution in [0.4, 0.5) is 5.69 Å². The van der Waals surface area contributed by atoms with Gasteiger partial charge in [-0.15, -0.1) is 0 Å². The van der Waals surface area contributed by atoms with Crippen LogP contribution >= 0.6 is 50.1 Å². The van der Waals surface area contributed by atoms with E-state index in [1.54, 1.807) is 0 Å². The monoisotopic (exact) mass is 421 g/mol. The summed E-state index contributed by atoms with van der Waals surface area (Å²) in [6.07, 6.45) is 0. The molecular formula is C13H10BrClIN. The van der Waals surface area contributed by atoms with Gasteiger partial charge in [-0.2, -0.15) is 0 Å². The Bertz CT molecular complexity index is 513. The van der Waals surface area contributed by atoms with Crippen molar-refractivity contribution >= 4 is 55.8 Å². The molecule has 0 fully saturated rings. The lowest BCUT2D eigenvalue weighted by atomic mass is 10.2. The van der Waals surface area contributed by atoms with E-state index in [2.05, 4.69) is 68.1 Å². The molecule has 2 rings (SSSR count). The average molecular weight is 422 g/mol. The first kappa shape index (κ1) is 13.2. The van der Waals surface area contributed by atoms with E-state index in [-0.39, 0.29) is 0 Å². The molecule has 0 heterocycles. The largest absolute Gasteiger partial charge is 0.380 e. The van der Waals surface area contributed by atoms with Crippen LogP contribution in [-0.4, -0.2) is 0 Å². The Morgan fingerprint density at radius 3 is 2.53 bits per heavy atom. The third-order valence-electron chi connectivity index (χ3n) is 2.32. The second-order valence-electron chi connectivity index (χ2n) is 3.60. The zero-order valence-corrected chi connectivity index (χ0v) is 13.4. The standard InChI is InChI=1S/C13H10BrClIN/c14-10-3-6-12(15)13(7-10)17-8-9-1-4-11(16)5-2-9/h1-7,17H,8H2. The highest BCUT2D eigenvalue weighted by Gasteiger charge is 2.00. The molecule has 0 aromatic heterocycles. The lowest BCUT2D eigenvalue weighted by Crippen LogP contribution is -1.99. The first-order valence-corrected chi connectivity index (χ1v) is 7.33. The Hall–Kier alpha value is -0.260. The van der Waals surface area contributed by atoms with E-state index in [0.29, 0.717) is 0 Å². The van der Waals surface area contributed by atoms with Crippen LogP contribution < -0.4 is 5.32 Å². The predicted octanol–water partition coefficient (Wildman–Crippen LogP) is 5.32. The number of hydrogen-bond donors (Lipinski definition) is 1. The fourth-order valence-electron chi connectivity index (χ4n) is 1.43. The van der Waals surface area contributed by atoms with Gasteiger partial charge in [0.2, 0.25) is 0 Å². The second-order valence-corrected chi connectivity index (χ2v) is 6.17. The van der Waals surface area contributed by atoms with Crippen molar-refractivity contribution in [3.63, 3.8) is 0 Å². The summed E-state index contributed by atoms with van der Waals surface area (Å²) in [4.78, 5) is 0. The van der Waals surface area contributed by atoms with E-state index in [4.69, 9.17) is 11.6 Å². The van der Waals surface area contributed by atoms with Gasteiger partial charge in [0.05, 0.1) is 10.7 Å². The Labute approximate surface area is 128 Å². The van der Waals surface area contributed by atoms with Gasteiger partial charge in [0.15, 0.2) is 0 Å². The van der Waals surface area contributed by atoms with Crippen LogP contribution in [0.15, 0.2) is 46.9 Å². The maximum atomic E-state index is 6.10. The minimum absolute atomic E-state index is 0.735. The Balaban J connectivity index is 2.07. The smallest absolute Gasteiger partial charge is 0.0638 e. The molecule has 2 aromatic carbocycles. The molecule has 17 heavy (non-hydrogen) atoms. The first-order chi connectivity index (χ1) is 8.15. The molecule has 0 saturated carbocycles. The van der Waals surface area contributed by atoms with E-state index < -0.39 is 0 Å². The number of hydrogen-bond acceptors (Lipinski definition) is 1. The summed E-state index contributed by atoms with van der Waals surface area (Å²) < 4.78 is 2.26. The Morgan fingerprint density at radius 2 is 1.82 bits per heavy atom. The van der Waals surface area contributed by atoms with Gasteiger partial charge in [-0.3, -0.25) is 0 Å². The van der Waals surface area contributed by atoms with Crippen molar-refractivity contribution in [1.82, 2.24) is 0 Å². The van der Waals surface area contributed by atoms with Crippen molar-refractivity contribution < 1.29 is 0 Å². The molecule has 0 radical (unpaired) electrons. The van der Waals surface area contributed by atoms with E-state index in [9.17, 15) is 0 Å². The molecule has 4 heteroatoms. The van der Waals surface area contributed by atoms with Gasteiger partial charge in [0, 0.05) is 14.6 Å². The minimum atomic E-state index is 0.735.